The van der Waals surface area contributed by atoms with Crippen LogP contribution in [0.3, 0.4) is 0 Å². The number of rotatable bonds is 2. The molecule has 0 aromatic heterocycles. The molecule has 1 nitrogen and oxygen atoms in total. The molecule has 2 heteroatoms. The van der Waals surface area contributed by atoms with Crippen LogP contribution in [0.5, 0.6) is 0 Å². The normalized spacial score (nSPS) is 9.57. The lowest BCUT2D eigenvalue weighted by atomic mass is 10.2. The van der Waals surface area contributed by atoms with Crippen LogP contribution in [0, 0.1) is 6.92 Å². The van der Waals surface area contributed by atoms with Gasteiger partial charge in [0, 0.05) is 15.5 Å². The van der Waals surface area contributed by atoms with Crippen molar-refractivity contribution in [1.29, 1.82) is 0 Å². The van der Waals surface area contributed by atoms with Gasteiger partial charge in [-0.3, -0.25) is 0 Å². The summed E-state index contributed by atoms with van der Waals surface area (Å²) in [6.07, 6.45) is 0. The van der Waals surface area contributed by atoms with E-state index in [0.717, 1.165) is 10.6 Å². The lowest BCUT2D eigenvalue weighted by Gasteiger charge is -2.03. The first-order chi connectivity index (χ1) is 10.3. The third-order valence-electron chi connectivity index (χ3n) is 2.83. The van der Waals surface area contributed by atoms with Crippen molar-refractivity contribution < 1.29 is 0 Å². The zero-order chi connectivity index (χ0) is 14.9. The number of nitrogen functional groups attached to an aromatic ring is 1. The van der Waals surface area contributed by atoms with Crippen molar-refractivity contribution in [3.8, 4) is 0 Å². The molecule has 0 amide bonds. The molecule has 0 aliphatic heterocycles. The minimum atomic E-state index is 0.835. The largest absolute Gasteiger partial charge is 0.398 e. The summed E-state index contributed by atoms with van der Waals surface area (Å²) in [6, 6.07) is 28.4. The highest BCUT2D eigenvalue weighted by Crippen LogP contribution is 2.31. The summed E-state index contributed by atoms with van der Waals surface area (Å²) >= 11 is 1.69. The van der Waals surface area contributed by atoms with Crippen molar-refractivity contribution in [3.63, 3.8) is 0 Å². The molecule has 0 fully saturated rings. The predicted molar refractivity (Wildman–Crippen MR) is 92.6 cm³/mol. The Bertz CT molecular complexity index is 651. The highest BCUT2D eigenvalue weighted by molar-refractivity contribution is 7.99. The average molecular weight is 293 g/mol. The van der Waals surface area contributed by atoms with Gasteiger partial charge in [0.15, 0.2) is 0 Å². The summed E-state index contributed by atoms with van der Waals surface area (Å²) in [7, 11) is 0. The molecule has 0 heterocycles. The molecule has 0 radical (unpaired) electrons. The highest BCUT2D eigenvalue weighted by Gasteiger charge is 1.99. The van der Waals surface area contributed by atoms with Crippen LogP contribution >= 0.6 is 11.8 Å². The number of aryl methyl sites for hydroxylation is 1. The van der Waals surface area contributed by atoms with Crippen LogP contribution in [0.1, 0.15) is 5.56 Å². The summed E-state index contributed by atoms with van der Waals surface area (Å²) < 4.78 is 0. The smallest absolute Gasteiger partial charge is 0.0455 e. The summed E-state index contributed by atoms with van der Waals surface area (Å²) in [5.74, 6) is 0. The first kappa shape index (κ1) is 15.2. The SMILES string of the molecule is Cc1ccccc1.Nc1ccccc1Sc1ccccc1. The van der Waals surface area contributed by atoms with Gasteiger partial charge >= 0.3 is 0 Å². The number of anilines is 1. The van der Waals surface area contributed by atoms with Gasteiger partial charge in [-0.1, -0.05) is 78.0 Å². The van der Waals surface area contributed by atoms with Crippen molar-refractivity contribution in [2.75, 3.05) is 5.73 Å². The molecular weight excluding hydrogens is 274 g/mol. The van der Waals surface area contributed by atoms with E-state index in [1.807, 2.05) is 60.7 Å². The number of para-hydroxylation sites is 1. The van der Waals surface area contributed by atoms with Gasteiger partial charge in [0.2, 0.25) is 0 Å². The molecule has 2 N–H and O–H groups in total. The fourth-order valence-corrected chi connectivity index (χ4v) is 2.60. The number of hydrogen-bond acceptors (Lipinski definition) is 2. The van der Waals surface area contributed by atoms with Crippen molar-refractivity contribution >= 4 is 17.4 Å². The summed E-state index contributed by atoms with van der Waals surface area (Å²) in [5, 5.41) is 0. The molecule has 3 aromatic carbocycles. The zero-order valence-electron chi connectivity index (χ0n) is 12.1. The Kier molecular flexibility index (Phi) is 5.92. The van der Waals surface area contributed by atoms with Crippen molar-refractivity contribution in [3.05, 3.63) is 90.5 Å². The molecule has 106 valence electrons. The van der Waals surface area contributed by atoms with Crippen LogP contribution in [0.2, 0.25) is 0 Å². The van der Waals surface area contributed by atoms with Gasteiger partial charge in [0.05, 0.1) is 0 Å². The first-order valence-corrected chi connectivity index (χ1v) is 7.66. The van der Waals surface area contributed by atoms with Crippen LogP contribution < -0.4 is 5.73 Å². The van der Waals surface area contributed by atoms with Gasteiger partial charge < -0.3 is 5.73 Å². The monoisotopic (exact) mass is 293 g/mol. The number of benzene rings is 3. The summed E-state index contributed by atoms with van der Waals surface area (Å²) in [6.45, 7) is 2.08. The van der Waals surface area contributed by atoms with Crippen LogP contribution in [-0.2, 0) is 0 Å². The van der Waals surface area contributed by atoms with E-state index in [0.29, 0.717) is 0 Å². The second-order valence-corrected chi connectivity index (χ2v) is 5.72. The summed E-state index contributed by atoms with van der Waals surface area (Å²) in [5.41, 5.74) is 8.00. The zero-order valence-corrected chi connectivity index (χ0v) is 12.9. The number of nitrogens with two attached hydrogens (primary N) is 1. The topological polar surface area (TPSA) is 26.0 Å². The quantitative estimate of drug-likeness (QED) is 0.639. The van der Waals surface area contributed by atoms with E-state index in [1.165, 1.54) is 10.5 Å². The molecular formula is C19H19NS. The Morgan fingerprint density at radius 2 is 1.19 bits per heavy atom. The van der Waals surface area contributed by atoms with Crippen molar-refractivity contribution in [2.24, 2.45) is 0 Å². The van der Waals surface area contributed by atoms with E-state index in [4.69, 9.17) is 5.73 Å². The van der Waals surface area contributed by atoms with E-state index in [-0.39, 0.29) is 0 Å². The molecule has 0 aliphatic rings. The van der Waals surface area contributed by atoms with Crippen molar-refractivity contribution in [2.45, 2.75) is 16.7 Å². The van der Waals surface area contributed by atoms with Crippen LogP contribution in [0.15, 0.2) is 94.7 Å². The highest BCUT2D eigenvalue weighted by atomic mass is 32.2. The molecule has 0 aliphatic carbocycles. The van der Waals surface area contributed by atoms with Gasteiger partial charge in [-0.25, -0.2) is 0 Å². The molecule has 0 saturated heterocycles. The van der Waals surface area contributed by atoms with Crippen LogP contribution in [0.4, 0.5) is 5.69 Å². The Morgan fingerprint density at radius 3 is 1.71 bits per heavy atom. The van der Waals surface area contributed by atoms with Gasteiger partial charge in [-0.15, -0.1) is 0 Å². The molecule has 0 atom stereocenters. The fourth-order valence-electron chi connectivity index (χ4n) is 1.72. The van der Waals surface area contributed by atoms with E-state index in [2.05, 4.69) is 31.2 Å². The Hall–Kier alpha value is -2.19. The second-order valence-electron chi connectivity index (χ2n) is 4.61. The standard InChI is InChI=1S/C12H11NS.C7H8/c13-11-8-4-5-9-12(11)14-10-6-2-1-3-7-10;1-7-5-3-2-4-6-7/h1-9H,13H2;2-6H,1H3. The first-order valence-electron chi connectivity index (χ1n) is 6.85. The Labute approximate surface area is 130 Å². The predicted octanol–water partition coefficient (Wildman–Crippen LogP) is 5.42. The molecule has 0 bridgehead atoms. The number of hydrogen-bond donors (Lipinski definition) is 1. The minimum Gasteiger partial charge on any atom is -0.398 e. The summed E-state index contributed by atoms with van der Waals surface area (Å²) in [4.78, 5) is 2.32. The third-order valence-corrected chi connectivity index (χ3v) is 3.93. The van der Waals surface area contributed by atoms with E-state index in [9.17, 15) is 0 Å². The maximum Gasteiger partial charge on any atom is 0.0455 e. The third kappa shape index (κ3) is 5.36. The average Bonchev–Trinajstić information content (AvgIpc) is 2.52. The van der Waals surface area contributed by atoms with Crippen molar-refractivity contribution in [1.82, 2.24) is 0 Å². The Balaban J connectivity index is 0.000000194. The molecule has 3 aromatic rings. The van der Waals surface area contributed by atoms with E-state index < -0.39 is 0 Å². The molecule has 21 heavy (non-hydrogen) atoms. The van der Waals surface area contributed by atoms with Gasteiger partial charge in [0.25, 0.3) is 0 Å². The van der Waals surface area contributed by atoms with Gasteiger partial charge in [-0.2, -0.15) is 0 Å². The minimum absolute atomic E-state index is 0.835. The lowest BCUT2D eigenvalue weighted by Crippen LogP contribution is -1.86. The maximum atomic E-state index is 5.85. The lowest BCUT2D eigenvalue weighted by molar-refractivity contribution is 1.41. The van der Waals surface area contributed by atoms with Gasteiger partial charge in [0.1, 0.15) is 0 Å². The van der Waals surface area contributed by atoms with Crippen LogP contribution in [0.25, 0.3) is 0 Å². The van der Waals surface area contributed by atoms with Gasteiger partial charge in [-0.05, 0) is 31.2 Å². The molecule has 3 rings (SSSR count). The van der Waals surface area contributed by atoms with E-state index in [1.54, 1.807) is 11.8 Å². The van der Waals surface area contributed by atoms with Crippen LogP contribution in [-0.4, -0.2) is 0 Å². The Morgan fingerprint density at radius 1 is 0.667 bits per heavy atom. The van der Waals surface area contributed by atoms with E-state index >= 15 is 0 Å². The maximum absolute atomic E-state index is 5.85. The second kappa shape index (κ2) is 8.18. The molecule has 0 unspecified atom stereocenters. The molecule has 0 spiro atoms. The molecule has 0 saturated carbocycles. The fraction of sp³-hybridized carbons (Fsp3) is 0.0526.